The molecule has 0 saturated carbocycles. The number of nitrogens with zero attached hydrogens (tertiary/aromatic N) is 1. The first-order valence-electron chi connectivity index (χ1n) is 6.25. The average molecular weight is 330 g/mol. The second-order valence-electron chi connectivity index (χ2n) is 4.48. The predicted molar refractivity (Wildman–Crippen MR) is 72.8 cm³/mol. The molecule has 0 aliphatic carbocycles. The average Bonchev–Trinajstić information content (AvgIpc) is 2.51. The minimum absolute atomic E-state index is 0.00815. The smallest absolute Gasteiger partial charge is 0.358 e. The molecule has 0 aromatic heterocycles. The molecule has 0 bridgehead atoms. The lowest BCUT2D eigenvalue weighted by Gasteiger charge is -2.48. The Hall–Kier alpha value is -2.07. The third-order valence-corrected chi connectivity index (χ3v) is 4.42. The lowest BCUT2D eigenvalue weighted by molar-refractivity contribution is -0.162. The van der Waals surface area contributed by atoms with Crippen molar-refractivity contribution in [2.24, 2.45) is 5.73 Å². The number of thioether (sulfide) groups is 1. The highest BCUT2D eigenvalue weighted by atomic mass is 32.2. The van der Waals surface area contributed by atoms with Gasteiger partial charge in [-0.15, -0.1) is 11.8 Å². The van der Waals surface area contributed by atoms with Crippen LogP contribution < -0.4 is 5.73 Å². The van der Waals surface area contributed by atoms with E-state index >= 15 is 0 Å². The molecule has 2 aliphatic rings. The molecule has 120 valence electrons. The summed E-state index contributed by atoms with van der Waals surface area (Å²) in [5, 5.41) is -0.358. The molecule has 1 saturated heterocycles. The van der Waals surface area contributed by atoms with E-state index in [1.165, 1.54) is 23.6 Å². The summed E-state index contributed by atoms with van der Waals surface area (Å²) in [5.74, 6) is -1.40. The van der Waals surface area contributed by atoms with Crippen LogP contribution >= 0.6 is 11.8 Å². The number of carbonyl (C=O) groups is 4. The van der Waals surface area contributed by atoms with E-state index in [4.69, 9.17) is 15.2 Å². The standard InChI is InChI=1S/C12H14N2O7S/c1-6(16)20-2-7-3-22-11-8(13)10(17)14(11)9(7)12(18)21-5-19-4-15/h4,8,11H,2-3,5,13H2,1H3/t8-,11-/m1/s1. The largest absolute Gasteiger partial charge is 0.461 e. The zero-order valence-electron chi connectivity index (χ0n) is 11.6. The van der Waals surface area contributed by atoms with E-state index in [1.807, 2.05) is 0 Å². The SMILES string of the molecule is CC(=O)OCC1=C(C(=O)OCOC=O)N2C(=O)[C@@H](N)[C@H]2SC1. The van der Waals surface area contributed by atoms with Gasteiger partial charge in [-0.1, -0.05) is 0 Å². The molecule has 2 N–H and O–H groups in total. The maximum atomic E-state index is 12.1. The topological polar surface area (TPSA) is 125 Å². The number of amides is 1. The van der Waals surface area contributed by atoms with Crippen molar-refractivity contribution in [3.8, 4) is 0 Å². The highest BCUT2D eigenvalue weighted by molar-refractivity contribution is 8.00. The van der Waals surface area contributed by atoms with Crippen molar-refractivity contribution >= 4 is 36.1 Å². The summed E-state index contributed by atoms with van der Waals surface area (Å²) >= 11 is 1.37. The molecule has 0 radical (unpaired) electrons. The first kappa shape index (κ1) is 16.3. The van der Waals surface area contributed by atoms with Crippen LogP contribution in [0.15, 0.2) is 11.3 Å². The van der Waals surface area contributed by atoms with E-state index in [0.717, 1.165) is 0 Å². The van der Waals surface area contributed by atoms with Gasteiger partial charge in [-0.3, -0.25) is 19.3 Å². The van der Waals surface area contributed by atoms with E-state index in [1.54, 1.807) is 0 Å². The van der Waals surface area contributed by atoms with Gasteiger partial charge in [-0.2, -0.15) is 0 Å². The number of hydrogen-bond acceptors (Lipinski definition) is 9. The van der Waals surface area contributed by atoms with Gasteiger partial charge < -0.3 is 19.9 Å². The monoisotopic (exact) mass is 330 g/mol. The number of esters is 2. The van der Waals surface area contributed by atoms with Crippen LogP contribution in [0.3, 0.4) is 0 Å². The van der Waals surface area contributed by atoms with Crippen molar-refractivity contribution in [1.82, 2.24) is 4.90 Å². The Balaban J connectivity index is 2.20. The summed E-state index contributed by atoms with van der Waals surface area (Å²) in [4.78, 5) is 46.2. The van der Waals surface area contributed by atoms with E-state index in [0.29, 0.717) is 11.3 Å². The van der Waals surface area contributed by atoms with Crippen molar-refractivity contribution in [2.75, 3.05) is 19.2 Å². The van der Waals surface area contributed by atoms with E-state index in [2.05, 4.69) is 4.74 Å². The van der Waals surface area contributed by atoms with Gasteiger partial charge in [0.05, 0.1) is 0 Å². The van der Waals surface area contributed by atoms with E-state index in [-0.39, 0.29) is 24.2 Å². The van der Waals surface area contributed by atoms with E-state index in [9.17, 15) is 19.2 Å². The van der Waals surface area contributed by atoms with Crippen LogP contribution in [-0.4, -0.2) is 59.8 Å². The summed E-state index contributed by atoms with van der Waals surface area (Å²) in [6, 6.07) is -0.686. The normalized spacial score (nSPS) is 23.4. The van der Waals surface area contributed by atoms with Gasteiger partial charge in [0, 0.05) is 18.2 Å². The van der Waals surface area contributed by atoms with Gasteiger partial charge in [0.15, 0.2) is 0 Å². The zero-order chi connectivity index (χ0) is 16.3. The molecule has 0 spiro atoms. The molecule has 2 heterocycles. The minimum atomic E-state index is -0.838. The van der Waals surface area contributed by atoms with Gasteiger partial charge >= 0.3 is 11.9 Å². The Morgan fingerprint density at radius 3 is 2.82 bits per heavy atom. The second-order valence-corrected chi connectivity index (χ2v) is 5.59. The molecule has 0 aromatic carbocycles. The first-order valence-corrected chi connectivity index (χ1v) is 7.30. The quantitative estimate of drug-likeness (QED) is 0.208. The Labute approximate surface area is 129 Å². The molecule has 1 fully saturated rings. The number of ether oxygens (including phenoxy) is 3. The Kier molecular flexibility index (Phi) is 5.03. The molecular formula is C12H14N2O7S. The van der Waals surface area contributed by atoms with Crippen molar-refractivity contribution in [1.29, 1.82) is 0 Å². The fourth-order valence-corrected chi connectivity index (χ4v) is 3.33. The number of fused-ring (bicyclic) bond motifs is 1. The van der Waals surface area contributed by atoms with Crippen LogP contribution in [0.1, 0.15) is 6.92 Å². The summed E-state index contributed by atoms with van der Waals surface area (Å²) in [6.07, 6.45) is 0. The van der Waals surface area contributed by atoms with Crippen LogP contribution in [0, 0.1) is 0 Å². The van der Waals surface area contributed by atoms with Crippen molar-refractivity contribution < 1.29 is 33.4 Å². The molecule has 10 heteroatoms. The number of hydrogen-bond donors (Lipinski definition) is 1. The highest BCUT2D eigenvalue weighted by Crippen LogP contribution is 2.39. The van der Waals surface area contributed by atoms with Crippen LogP contribution in [0.5, 0.6) is 0 Å². The number of nitrogens with two attached hydrogens (primary N) is 1. The van der Waals surface area contributed by atoms with Gasteiger partial charge in [0.1, 0.15) is 23.7 Å². The van der Waals surface area contributed by atoms with Crippen molar-refractivity contribution in [2.45, 2.75) is 18.3 Å². The molecule has 2 atom stereocenters. The first-order chi connectivity index (χ1) is 10.5. The zero-order valence-corrected chi connectivity index (χ0v) is 12.5. The van der Waals surface area contributed by atoms with Crippen LogP contribution in [0.25, 0.3) is 0 Å². The van der Waals surface area contributed by atoms with Crippen LogP contribution in [0.4, 0.5) is 0 Å². The summed E-state index contributed by atoms with van der Waals surface area (Å²) in [6.45, 7) is 0.664. The Morgan fingerprint density at radius 1 is 1.45 bits per heavy atom. The Morgan fingerprint density at radius 2 is 2.18 bits per heavy atom. The van der Waals surface area contributed by atoms with Crippen LogP contribution in [0.2, 0.25) is 0 Å². The highest BCUT2D eigenvalue weighted by Gasteiger charge is 2.52. The van der Waals surface area contributed by atoms with Gasteiger partial charge in [-0.25, -0.2) is 4.79 Å². The molecule has 0 aromatic rings. The maximum absolute atomic E-state index is 12.1. The van der Waals surface area contributed by atoms with E-state index < -0.39 is 30.7 Å². The van der Waals surface area contributed by atoms with Gasteiger partial charge in [-0.05, 0) is 0 Å². The number of carbonyl (C=O) groups excluding carboxylic acids is 4. The third kappa shape index (κ3) is 3.07. The van der Waals surface area contributed by atoms with Crippen molar-refractivity contribution in [3.05, 3.63) is 11.3 Å². The van der Waals surface area contributed by atoms with Crippen molar-refractivity contribution in [3.63, 3.8) is 0 Å². The molecular weight excluding hydrogens is 316 g/mol. The maximum Gasteiger partial charge on any atom is 0.358 e. The molecule has 0 unspecified atom stereocenters. The number of rotatable bonds is 6. The molecule has 9 nitrogen and oxygen atoms in total. The summed E-state index contributed by atoms with van der Waals surface area (Å²) < 4.78 is 13.9. The summed E-state index contributed by atoms with van der Waals surface area (Å²) in [5.41, 5.74) is 6.11. The molecule has 2 aliphatic heterocycles. The molecule has 2 rings (SSSR count). The fraction of sp³-hybridized carbons (Fsp3) is 0.500. The predicted octanol–water partition coefficient (Wildman–Crippen LogP) is -1.28. The lowest BCUT2D eigenvalue weighted by atomic mass is 10.0. The van der Waals surface area contributed by atoms with Gasteiger partial charge in [0.2, 0.25) is 12.7 Å². The minimum Gasteiger partial charge on any atom is -0.461 e. The Bertz CT molecular complexity index is 548. The third-order valence-electron chi connectivity index (χ3n) is 3.06. The lowest BCUT2D eigenvalue weighted by Crippen LogP contribution is -2.68. The number of β-lactam (4-membered cyclic amide) rings is 1. The fourth-order valence-electron chi connectivity index (χ4n) is 2.05. The molecule has 22 heavy (non-hydrogen) atoms. The summed E-state index contributed by atoms with van der Waals surface area (Å²) in [7, 11) is 0. The van der Waals surface area contributed by atoms with Crippen LogP contribution in [-0.2, 0) is 33.4 Å². The van der Waals surface area contributed by atoms with Gasteiger partial charge in [0.25, 0.3) is 6.47 Å². The molecule has 1 amide bonds. The second kappa shape index (κ2) is 6.79.